The molecule has 1 aliphatic heterocycles. The van der Waals surface area contributed by atoms with E-state index in [0.29, 0.717) is 17.9 Å². The van der Waals surface area contributed by atoms with Gasteiger partial charge in [-0.25, -0.2) is 0 Å². The Morgan fingerprint density at radius 1 is 1.20 bits per heavy atom. The Bertz CT molecular complexity index is 584. The van der Waals surface area contributed by atoms with Crippen LogP contribution in [0, 0.1) is 12.8 Å². The summed E-state index contributed by atoms with van der Waals surface area (Å²) in [6.07, 6.45) is 9.93. The zero-order chi connectivity index (χ0) is 17.6. The lowest BCUT2D eigenvalue weighted by atomic mass is 9.86. The van der Waals surface area contributed by atoms with Crippen molar-refractivity contribution in [3.05, 3.63) is 17.5 Å². The molecule has 2 fully saturated rings. The molecule has 0 spiro atoms. The summed E-state index contributed by atoms with van der Waals surface area (Å²) >= 11 is 0. The van der Waals surface area contributed by atoms with Crippen LogP contribution in [0.1, 0.15) is 74.0 Å². The van der Waals surface area contributed by atoms with Crippen molar-refractivity contribution in [3.63, 3.8) is 0 Å². The van der Waals surface area contributed by atoms with Gasteiger partial charge in [0.05, 0.1) is 0 Å². The van der Waals surface area contributed by atoms with Gasteiger partial charge in [0.2, 0.25) is 5.91 Å². The Labute approximate surface area is 149 Å². The number of nitrogens with zero attached hydrogens (tertiary/aromatic N) is 2. The molecule has 138 valence electrons. The monoisotopic (exact) mass is 347 g/mol. The van der Waals surface area contributed by atoms with Crippen molar-refractivity contribution in [2.24, 2.45) is 5.92 Å². The molecule has 1 aromatic heterocycles. The number of aromatic nitrogens is 1. The number of amides is 2. The summed E-state index contributed by atoms with van der Waals surface area (Å²) < 4.78 is 4.94. The van der Waals surface area contributed by atoms with Crippen LogP contribution in [0.15, 0.2) is 10.6 Å². The van der Waals surface area contributed by atoms with Gasteiger partial charge in [-0.3, -0.25) is 9.59 Å². The second-order valence-electron chi connectivity index (χ2n) is 7.49. The summed E-state index contributed by atoms with van der Waals surface area (Å²) in [5.41, 5.74) is 0.323. The molecule has 6 heteroatoms. The highest BCUT2D eigenvalue weighted by Gasteiger charge is 2.25. The van der Waals surface area contributed by atoms with Crippen LogP contribution in [0.5, 0.6) is 0 Å². The molecule has 1 aliphatic carbocycles. The van der Waals surface area contributed by atoms with Crippen molar-refractivity contribution >= 4 is 11.8 Å². The van der Waals surface area contributed by atoms with Crippen molar-refractivity contribution in [3.8, 4) is 0 Å². The molecule has 0 bridgehead atoms. The molecule has 1 N–H and O–H groups in total. The fraction of sp³-hybridized carbons (Fsp3) is 0.737. The van der Waals surface area contributed by atoms with Crippen LogP contribution in [-0.2, 0) is 4.79 Å². The summed E-state index contributed by atoms with van der Waals surface area (Å²) in [5.74, 6) is 1.46. The third kappa shape index (κ3) is 5.06. The second-order valence-corrected chi connectivity index (χ2v) is 7.49. The van der Waals surface area contributed by atoms with Crippen LogP contribution in [-0.4, -0.2) is 41.0 Å². The summed E-state index contributed by atoms with van der Waals surface area (Å²) in [7, 11) is 0. The summed E-state index contributed by atoms with van der Waals surface area (Å²) in [6.45, 7) is 3.22. The zero-order valence-electron chi connectivity index (χ0n) is 15.1. The minimum absolute atomic E-state index is 0.104. The van der Waals surface area contributed by atoms with Gasteiger partial charge in [0, 0.05) is 31.6 Å². The molecule has 0 unspecified atom stereocenters. The van der Waals surface area contributed by atoms with Crippen molar-refractivity contribution < 1.29 is 14.1 Å². The lowest BCUT2D eigenvalue weighted by Gasteiger charge is -2.32. The number of likely N-dealkylation sites (tertiary alicyclic amines) is 1. The second kappa shape index (κ2) is 8.50. The third-order valence-electron chi connectivity index (χ3n) is 5.53. The van der Waals surface area contributed by atoms with Crippen LogP contribution < -0.4 is 5.32 Å². The van der Waals surface area contributed by atoms with E-state index in [-0.39, 0.29) is 17.9 Å². The van der Waals surface area contributed by atoms with E-state index < -0.39 is 0 Å². The van der Waals surface area contributed by atoms with Gasteiger partial charge in [-0.15, -0.1) is 0 Å². The number of aryl methyl sites for hydroxylation is 1. The van der Waals surface area contributed by atoms with Crippen LogP contribution in [0.25, 0.3) is 0 Å². The van der Waals surface area contributed by atoms with E-state index in [1.165, 1.54) is 32.1 Å². The van der Waals surface area contributed by atoms with E-state index in [1.807, 2.05) is 4.90 Å². The van der Waals surface area contributed by atoms with Gasteiger partial charge < -0.3 is 14.7 Å². The van der Waals surface area contributed by atoms with E-state index in [0.717, 1.165) is 38.3 Å². The first-order chi connectivity index (χ1) is 12.1. The maximum Gasteiger partial charge on any atom is 0.273 e. The molecular weight excluding hydrogens is 318 g/mol. The first kappa shape index (κ1) is 18.0. The quantitative estimate of drug-likeness (QED) is 0.888. The smallest absolute Gasteiger partial charge is 0.273 e. The first-order valence-corrected chi connectivity index (χ1v) is 9.64. The Morgan fingerprint density at radius 2 is 1.92 bits per heavy atom. The highest BCUT2D eigenvalue weighted by atomic mass is 16.5. The van der Waals surface area contributed by atoms with E-state index in [2.05, 4.69) is 10.5 Å². The number of hydrogen-bond donors (Lipinski definition) is 1. The molecule has 25 heavy (non-hydrogen) atoms. The summed E-state index contributed by atoms with van der Waals surface area (Å²) in [4.78, 5) is 26.5. The molecule has 6 nitrogen and oxygen atoms in total. The van der Waals surface area contributed by atoms with E-state index >= 15 is 0 Å². The minimum atomic E-state index is -0.195. The van der Waals surface area contributed by atoms with Crippen LogP contribution in [0.2, 0.25) is 0 Å². The lowest BCUT2D eigenvalue weighted by molar-refractivity contribution is -0.132. The summed E-state index contributed by atoms with van der Waals surface area (Å²) in [5, 5.41) is 6.73. The van der Waals surface area contributed by atoms with Gasteiger partial charge in [0.1, 0.15) is 5.76 Å². The molecule has 0 radical (unpaired) electrons. The SMILES string of the molecule is Cc1cc(C(=O)NC2CCN(C(=O)CCC3CCCCC3)CC2)no1. The fourth-order valence-corrected chi connectivity index (χ4v) is 3.97. The van der Waals surface area contributed by atoms with Gasteiger partial charge in [-0.2, -0.15) is 0 Å². The highest BCUT2D eigenvalue weighted by molar-refractivity contribution is 5.92. The van der Waals surface area contributed by atoms with Crippen molar-refractivity contribution in [1.82, 2.24) is 15.4 Å². The Kier molecular flexibility index (Phi) is 6.10. The average Bonchev–Trinajstić information content (AvgIpc) is 3.08. The Hall–Kier alpha value is -1.85. The Balaban J connectivity index is 1.37. The van der Waals surface area contributed by atoms with Gasteiger partial charge in [0.15, 0.2) is 5.69 Å². The largest absolute Gasteiger partial charge is 0.361 e. The molecule has 2 aliphatic rings. The molecule has 2 heterocycles. The molecular formula is C19H29N3O3. The lowest BCUT2D eigenvalue weighted by Crippen LogP contribution is -2.46. The Morgan fingerprint density at radius 3 is 2.56 bits per heavy atom. The van der Waals surface area contributed by atoms with Gasteiger partial charge in [-0.05, 0) is 32.1 Å². The maximum absolute atomic E-state index is 12.4. The van der Waals surface area contributed by atoms with Gasteiger partial charge in [0.25, 0.3) is 5.91 Å². The minimum Gasteiger partial charge on any atom is -0.361 e. The van der Waals surface area contributed by atoms with Gasteiger partial charge >= 0.3 is 0 Å². The standard InChI is InChI=1S/C19H29N3O3/c1-14-13-17(21-25-14)19(24)20-16-9-11-22(12-10-16)18(23)8-7-15-5-3-2-4-6-15/h13,15-16H,2-12H2,1H3,(H,20,24). The number of nitrogens with one attached hydrogen (secondary N) is 1. The molecule has 0 aromatic carbocycles. The maximum atomic E-state index is 12.4. The molecule has 2 amide bonds. The predicted octanol–water partition coefficient (Wildman–Crippen LogP) is 3.06. The number of piperidine rings is 1. The van der Waals surface area contributed by atoms with Crippen LogP contribution >= 0.6 is 0 Å². The molecule has 0 atom stereocenters. The topological polar surface area (TPSA) is 75.4 Å². The van der Waals surface area contributed by atoms with E-state index in [4.69, 9.17) is 4.52 Å². The number of rotatable bonds is 5. The summed E-state index contributed by atoms with van der Waals surface area (Å²) in [6, 6.07) is 1.74. The first-order valence-electron chi connectivity index (χ1n) is 9.64. The number of carbonyl (C=O) groups is 2. The molecule has 3 rings (SSSR count). The van der Waals surface area contributed by atoms with Crippen molar-refractivity contribution in [1.29, 1.82) is 0 Å². The molecule has 1 saturated carbocycles. The molecule has 1 aromatic rings. The molecule has 1 saturated heterocycles. The van der Waals surface area contributed by atoms with Crippen LogP contribution in [0.3, 0.4) is 0 Å². The van der Waals surface area contributed by atoms with Crippen molar-refractivity contribution in [2.75, 3.05) is 13.1 Å². The van der Waals surface area contributed by atoms with Crippen LogP contribution in [0.4, 0.5) is 0 Å². The third-order valence-corrected chi connectivity index (χ3v) is 5.53. The van der Waals surface area contributed by atoms with Gasteiger partial charge in [-0.1, -0.05) is 37.3 Å². The number of hydrogen-bond acceptors (Lipinski definition) is 4. The van der Waals surface area contributed by atoms with E-state index in [9.17, 15) is 9.59 Å². The number of carbonyl (C=O) groups excluding carboxylic acids is 2. The fourth-order valence-electron chi connectivity index (χ4n) is 3.97. The average molecular weight is 347 g/mol. The predicted molar refractivity (Wildman–Crippen MR) is 94.1 cm³/mol. The van der Waals surface area contributed by atoms with Crippen molar-refractivity contribution in [2.45, 2.75) is 70.8 Å². The zero-order valence-corrected chi connectivity index (χ0v) is 15.1. The highest BCUT2D eigenvalue weighted by Crippen LogP contribution is 2.27. The normalized spacial score (nSPS) is 19.8. The van der Waals surface area contributed by atoms with E-state index in [1.54, 1.807) is 13.0 Å².